The third-order valence-corrected chi connectivity index (χ3v) is 6.85. The van der Waals surface area contributed by atoms with E-state index < -0.39 is 0 Å². The lowest BCUT2D eigenvalue weighted by atomic mass is 9.90. The molecule has 0 bridgehead atoms. The van der Waals surface area contributed by atoms with Crippen LogP contribution in [0.3, 0.4) is 0 Å². The molecule has 2 N–H and O–H groups in total. The highest BCUT2D eigenvalue weighted by Crippen LogP contribution is 2.36. The smallest absolute Gasteiger partial charge is 0.0960 e. The SMILES string of the molecule is N[C@@H]1CC[C@H](c2ccc(SCC3CC3)nc2)CCCc2ccccc21. The molecule has 0 amide bonds. The Labute approximate surface area is 155 Å². The molecule has 2 aliphatic carbocycles. The minimum atomic E-state index is 0.165. The highest BCUT2D eigenvalue weighted by atomic mass is 32.2. The molecule has 1 saturated carbocycles. The average molecular weight is 353 g/mol. The minimum Gasteiger partial charge on any atom is -0.324 e. The fourth-order valence-corrected chi connectivity index (χ4v) is 4.91. The van der Waals surface area contributed by atoms with Gasteiger partial charge in [0.1, 0.15) is 0 Å². The molecule has 2 aromatic rings. The second-order valence-electron chi connectivity index (χ2n) is 7.66. The van der Waals surface area contributed by atoms with Crippen molar-refractivity contribution in [3.63, 3.8) is 0 Å². The molecule has 0 saturated heterocycles. The van der Waals surface area contributed by atoms with E-state index in [1.165, 1.54) is 53.2 Å². The van der Waals surface area contributed by atoms with E-state index in [0.717, 1.165) is 25.2 Å². The second kappa shape index (κ2) is 7.92. The summed E-state index contributed by atoms with van der Waals surface area (Å²) in [6.45, 7) is 0. The van der Waals surface area contributed by atoms with Gasteiger partial charge in [-0.3, -0.25) is 0 Å². The molecule has 1 aromatic carbocycles. The minimum absolute atomic E-state index is 0.165. The maximum atomic E-state index is 6.50. The number of aromatic nitrogens is 1. The molecule has 25 heavy (non-hydrogen) atoms. The van der Waals surface area contributed by atoms with Gasteiger partial charge in [-0.1, -0.05) is 30.3 Å². The van der Waals surface area contributed by atoms with Gasteiger partial charge in [-0.15, -0.1) is 11.8 Å². The molecule has 1 fully saturated rings. The molecule has 1 heterocycles. The van der Waals surface area contributed by atoms with Crippen LogP contribution < -0.4 is 5.73 Å². The van der Waals surface area contributed by atoms with E-state index in [1.54, 1.807) is 0 Å². The van der Waals surface area contributed by atoms with E-state index >= 15 is 0 Å². The lowest BCUT2D eigenvalue weighted by Gasteiger charge is -2.18. The van der Waals surface area contributed by atoms with Crippen LogP contribution in [0.4, 0.5) is 0 Å². The second-order valence-corrected chi connectivity index (χ2v) is 8.70. The zero-order valence-electron chi connectivity index (χ0n) is 14.9. The Kier molecular flexibility index (Phi) is 5.42. The quantitative estimate of drug-likeness (QED) is 0.740. The predicted molar refractivity (Wildman–Crippen MR) is 106 cm³/mol. The first-order chi connectivity index (χ1) is 12.3. The summed E-state index contributed by atoms with van der Waals surface area (Å²) in [5, 5.41) is 1.18. The number of nitrogens with zero attached hydrogens (tertiary/aromatic N) is 1. The van der Waals surface area contributed by atoms with Crippen LogP contribution in [0.15, 0.2) is 47.6 Å². The van der Waals surface area contributed by atoms with Crippen LogP contribution in [0.2, 0.25) is 0 Å². The topological polar surface area (TPSA) is 38.9 Å². The van der Waals surface area contributed by atoms with Crippen molar-refractivity contribution in [2.75, 3.05) is 5.75 Å². The summed E-state index contributed by atoms with van der Waals surface area (Å²) in [5.74, 6) is 2.78. The standard InChI is InChI=1S/C22H28N2S/c23-21-12-10-17(5-3-6-18-4-1-2-7-20(18)21)19-11-13-22(24-14-19)25-15-16-8-9-16/h1-2,4,7,11,13-14,16-17,21H,3,5-6,8-10,12,15,23H2/t17-,21-/m1/s1. The van der Waals surface area contributed by atoms with Crippen molar-refractivity contribution in [3.05, 3.63) is 59.3 Å². The Hall–Kier alpha value is -1.32. The zero-order valence-corrected chi connectivity index (χ0v) is 15.7. The van der Waals surface area contributed by atoms with Gasteiger partial charge in [-0.2, -0.15) is 0 Å². The van der Waals surface area contributed by atoms with Gasteiger partial charge in [0.15, 0.2) is 0 Å². The summed E-state index contributed by atoms with van der Waals surface area (Å²) in [4.78, 5) is 4.72. The first-order valence-corrected chi connectivity index (χ1v) is 10.7. The predicted octanol–water partition coefficient (Wildman–Crippen LogP) is 5.48. The van der Waals surface area contributed by atoms with Crippen molar-refractivity contribution in [3.8, 4) is 0 Å². The van der Waals surface area contributed by atoms with E-state index in [4.69, 9.17) is 10.7 Å². The number of pyridine rings is 1. The lowest BCUT2D eigenvalue weighted by Crippen LogP contribution is -2.13. The van der Waals surface area contributed by atoms with Crippen LogP contribution >= 0.6 is 11.8 Å². The summed E-state index contributed by atoms with van der Waals surface area (Å²) < 4.78 is 0. The van der Waals surface area contributed by atoms with E-state index in [1.807, 2.05) is 11.8 Å². The van der Waals surface area contributed by atoms with Crippen LogP contribution in [-0.4, -0.2) is 10.7 Å². The number of rotatable bonds is 4. The number of nitrogens with two attached hydrogens (primary N) is 1. The zero-order chi connectivity index (χ0) is 17.1. The molecule has 1 aromatic heterocycles. The van der Waals surface area contributed by atoms with Crippen LogP contribution in [0, 0.1) is 5.92 Å². The normalized spacial score (nSPS) is 24.0. The molecule has 2 nitrogen and oxygen atoms in total. The third-order valence-electron chi connectivity index (χ3n) is 5.67. The van der Waals surface area contributed by atoms with Crippen LogP contribution in [0.5, 0.6) is 0 Å². The molecule has 2 aliphatic rings. The molecule has 4 rings (SSSR count). The number of benzene rings is 1. The molecule has 0 unspecified atom stereocenters. The van der Waals surface area contributed by atoms with E-state index in [0.29, 0.717) is 5.92 Å². The van der Waals surface area contributed by atoms with Crippen molar-refractivity contribution in [2.24, 2.45) is 11.7 Å². The van der Waals surface area contributed by atoms with Crippen LogP contribution in [0.1, 0.15) is 67.2 Å². The molecular weight excluding hydrogens is 324 g/mol. The Balaban J connectivity index is 1.42. The molecule has 2 atom stereocenters. The highest BCUT2D eigenvalue weighted by molar-refractivity contribution is 7.99. The summed E-state index contributed by atoms with van der Waals surface area (Å²) >= 11 is 1.92. The molecule has 0 radical (unpaired) electrons. The van der Waals surface area contributed by atoms with E-state index in [2.05, 4.69) is 42.6 Å². The molecule has 0 spiro atoms. The molecular formula is C22H28N2S. The Morgan fingerprint density at radius 2 is 1.88 bits per heavy atom. The van der Waals surface area contributed by atoms with Gasteiger partial charge >= 0.3 is 0 Å². The molecule has 132 valence electrons. The highest BCUT2D eigenvalue weighted by Gasteiger charge is 2.22. The first kappa shape index (κ1) is 17.1. The van der Waals surface area contributed by atoms with Gasteiger partial charge < -0.3 is 5.73 Å². The van der Waals surface area contributed by atoms with Gasteiger partial charge in [0.05, 0.1) is 5.03 Å². The lowest BCUT2D eigenvalue weighted by molar-refractivity contribution is 0.509. The van der Waals surface area contributed by atoms with Crippen LogP contribution in [0.25, 0.3) is 0 Å². The summed E-state index contributed by atoms with van der Waals surface area (Å²) in [6.07, 6.45) is 10.8. The maximum absolute atomic E-state index is 6.50. The van der Waals surface area contributed by atoms with Crippen molar-refractivity contribution < 1.29 is 0 Å². The number of thioether (sulfide) groups is 1. The Bertz CT molecular complexity index is 693. The van der Waals surface area contributed by atoms with E-state index in [-0.39, 0.29) is 6.04 Å². The van der Waals surface area contributed by atoms with Crippen molar-refractivity contribution in [1.82, 2.24) is 4.98 Å². The maximum Gasteiger partial charge on any atom is 0.0960 e. The Morgan fingerprint density at radius 1 is 1.00 bits per heavy atom. The van der Waals surface area contributed by atoms with Crippen molar-refractivity contribution >= 4 is 11.8 Å². The number of hydrogen-bond acceptors (Lipinski definition) is 3. The fraction of sp³-hybridized carbons (Fsp3) is 0.500. The van der Waals surface area contributed by atoms with Crippen molar-refractivity contribution in [1.29, 1.82) is 0 Å². The number of aryl methyl sites for hydroxylation is 1. The first-order valence-electron chi connectivity index (χ1n) is 9.72. The largest absolute Gasteiger partial charge is 0.324 e. The van der Waals surface area contributed by atoms with Gasteiger partial charge in [-0.25, -0.2) is 4.98 Å². The molecule has 3 heteroatoms. The molecule has 0 aliphatic heterocycles. The van der Waals surface area contributed by atoms with Gasteiger partial charge in [0.2, 0.25) is 0 Å². The van der Waals surface area contributed by atoms with Gasteiger partial charge in [0.25, 0.3) is 0 Å². The average Bonchev–Trinajstić information content (AvgIpc) is 3.47. The summed E-state index contributed by atoms with van der Waals surface area (Å²) in [5.41, 5.74) is 10.7. The van der Waals surface area contributed by atoms with Crippen molar-refractivity contribution in [2.45, 2.75) is 61.9 Å². The third kappa shape index (κ3) is 4.45. The summed E-state index contributed by atoms with van der Waals surface area (Å²) in [7, 11) is 0. The van der Waals surface area contributed by atoms with Crippen LogP contribution in [-0.2, 0) is 6.42 Å². The number of fused-ring (bicyclic) bond motifs is 1. The fourth-order valence-electron chi connectivity index (χ4n) is 3.88. The summed E-state index contributed by atoms with van der Waals surface area (Å²) in [6, 6.07) is 13.4. The Morgan fingerprint density at radius 3 is 2.68 bits per heavy atom. The monoisotopic (exact) mass is 352 g/mol. The number of hydrogen-bond donors (Lipinski definition) is 1. The van der Waals surface area contributed by atoms with Gasteiger partial charge in [0, 0.05) is 18.0 Å². The van der Waals surface area contributed by atoms with Gasteiger partial charge in [-0.05, 0) is 79.5 Å². The van der Waals surface area contributed by atoms with E-state index in [9.17, 15) is 0 Å².